The summed E-state index contributed by atoms with van der Waals surface area (Å²) >= 11 is 0. The summed E-state index contributed by atoms with van der Waals surface area (Å²) in [6.45, 7) is 8.73. The lowest BCUT2D eigenvalue weighted by Gasteiger charge is -2.17. The Morgan fingerprint density at radius 2 is 1.08 bits per heavy atom. The van der Waals surface area contributed by atoms with E-state index in [0.29, 0.717) is 5.56 Å². The van der Waals surface area contributed by atoms with Crippen molar-refractivity contribution in [3.63, 3.8) is 0 Å². The molecular weight excluding hydrogens is 312 g/mol. The highest BCUT2D eigenvalue weighted by molar-refractivity contribution is 6.01. The predicted molar refractivity (Wildman–Crippen MR) is 100 cm³/mol. The predicted octanol–water partition coefficient (Wildman–Crippen LogP) is 4.46. The van der Waals surface area contributed by atoms with Crippen molar-refractivity contribution in [2.24, 2.45) is 5.41 Å². The molecule has 0 fully saturated rings. The molecule has 0 saturated carbocycles. The molecule has 0 amide bonds. The van der Waals surface area contributed by atoms with Crippen LogP contribution in [0.3, 0.4) is 0 Å². The first-order valence-corrected chi connectivity index (χ1v) is 8.48. The fourth-order valence-electron chi connectivity index (χ4n) is 2.57. The van der Waals surface area contributed by atoms with Gasteiger partial charge in [-0.15, -0.1) is 0 Å². The van der Waals surface area contributed by atoms with Gasteiger partial charge >= 0.3 is 0 Å². The molecule has 0 aliphatic carbocycles. The Morgan fingerprint density at radius 1 is 0.720 bits per heavy atom. The smallest absolute Gasteiger partial charge is 0.193 e. The number of hydrogen-bond donors (Lipinski definition) is 1. The lowest BCUT2D eigenvalue weighted by molar-refractivity contribution is 0.0488. The fraction of sp³-hybridized carbons (Fsp3) is 0.364. The Labute approximate surface area is 149 Å². The molecule has 0 aromatic heterocycles. The molecule has 0 spiro atoms. The molecule has 0 radical (unpaired) electrons. The van der Waals surface area contributed by atoms with Gasteiger partial charge in [0, 0.05) is 16.5 Å². The Hall–Kier alpha value is -2.26. The van der Waals surface area contributed by atoms with Crippen molar-refractivity contribution >= 4 is 11.6 Å². The molecular formula is C22H26O3. The van der Waals surface area contributed by atoms with Crippen molar-refractivity contribution in [3.05, 3.63) is 70.8 Å². The van der Waals surface area contributed by atoms with Crippen LogP contribution in [0.4, 0.5) is 0 Å². The van der Waals surface area contributed by atoms with E-state index in [2.05, 4.69) is 0 Å². The molecule has 2 rings (SSSR count). The summed E-state index contributed by atoms with van der Waals surface area (Å²) in [4.78, 5) is 24.3. The maximum Gasteiger partial charge on any atom is 0.193 e. The van der Waals surface area contributed by atoms with Gasteiger partial charge < -0.3 is 5.11 Å². The van der Waals surface area contributed by atoms with Gasteiger partial charge in [0.2, 0.25) is 0 Å². The summed E-state index contributed by atoms with van der Waals surface area (Å²) in [6.07, 6.45) is 0.723. The van der Waals surface area contributed by atoms with Crippen LogP contribution < -0.4 is 0 Å². The van der Waals surface area contributed by atoms with Gasteiger partial charge in [0.25, 0.3) is 0 Å². The number of ketones is 2. The van der Waals surface area contributed by atoms with E-state index in [1.807, 2.05) is 57.2 Å². The Bertz CT molecular complexity index is 687. The van der Waals surface area contributed by atoms with Crippen LogP contribution in [0.15, 0.2) is 48.5 Å². The van der Waals surface area contributed by atoms with Crippen molar-refractivity contribution in [3.8, 4) is 0 Å². The van der Waals surface area contributed by atoms with Crippen molar-refractivity contribution in [2.75, 3.05) is 0 Å². The number of carbonyl (C=O) groups excluding carboxylic acids is 2. The van der Waals surface area contributed by atoms with Gasteiger partial charge in [-0.25, -0.2) is 0 Å². The van der Waals surface area contributed by atoms with Gasteiger partial charge in [-0.2, -0.15) is 0 Å². The summed E-state index contributed by atoms with van der Waals surface area (Å²) in [7, 11) is 0. The summed E-state index contributed by atoms with van der Waals surface area (Å²) in [5.41, 5.74) is 1.65. The first-order valence-electron chi connectivity index (χ1n) is 8.48. The monoisotopic (exact) mass is 338 g/mol. The van der Waals surface area contributed by atoms with Gasteiger partial charge in [-0.1, -0.05) is 69.3 Å². The summed E-state index contributed by atoms with van der Waals surface area (Å²) in [6, 6.07) is 15.0. The molecule has 0 atom stereocenters. The first kappa shape index (κ1) is 19.1. The van der Waals surface area contributed by atoms with E-state index in [4.69, 9.17) is 0 Å². The molecule has 0 aliphatic rings. The van der Waals surface area contributed by atoms with Crippen LogP contribution in [0.2, 0.25) is 0 Å². The van der Waals surface area contributed by atoms with Gasteiger partial charge in [-0.3, -0.25) is 9.59 Å². The Kier molecular flexibility index (Phi) is 5.28. The topological polar surface area (TPSA) is 54.4 Å². The summed E-state index contributed by atoms with van der Waals surface area (Å²) in [5.74, 6) is -0.155. The third-order valence-electron chi connectivity index (χ3n) is 4.08. The van der Waals surface area contributed by atoms with Gasteiger partial charge in [0.1, 0.15) is 5.60 Å². The minimum Gasteiger partial charge on any atom is -0.382 e. The minimum atomic E-state index is -1.36. The molecule has 1 N–H and O–H groups in total. The van der Waals surface area contributed by atoms with Gasteiger partial charge in [0.15, 0.2) is 11.6 Å². The molecule has 2 aromatic carbocycles. The number of Topliss-reactive ketones (excluding diaryl/α,β-unsaturated/α-hetero) is 2. The van der Waals surface area contributed by atoms with Crippen LogP contribution in [0, 0.1) is 5.41 Å². The highest BCUT2D eigenvalue weighted by atomic mass is 16.3. The molecule has 0 bridgehead atoms. The van der Waals surface area contributed by atoms with Crippen molar-refractivity contribution in [2.45, 2.75) is 46.6 Å². The van der Waals surface area contributed by atoms with E-state index in [9.17, 15) is 14.7 Å². The Morgan fingerprint density at radius 3 is 1.40 bits per heavy atom. The summed E-state index contributed by atoms with van der Waals surface area (Å²) < 4.78 is 0. The largest absolute Gasteiger partial charge is 0.382 e. The second-order valence-corrected chi connectivity index (χ2v) is 8.04. The maximum atomic E-state index is 12.3. The molecule has 0 heterocycles. The quantitative estimate of drug-likeness (QED) is 0.819. The highest BCUT2D eigenvalue weighted by Gasteiger charge is 2.25. The molecule has 2 aromatic rings. The van der Waals surface area contributed by atoms with Crippen LogP contribution in [-0.4, -0.2) is 22.3 Å². The standard InChI is InChI=1S/C22H26O3/c1-21(2,3)19(23)17-10-6-15(7-11-17)14-16-8-12-18(13-9-16)20(24)22(4,5)25/h6-13,25H,14H2,1-5H3. The van der Waals surface area contributed by atoms with E-state index in [1.165, 1.54) is 13.8 Å². The first-order chi connectivity index (χ1) is 11.5. The van der Waals surface area contributed by atoms with E-state index in [-0.39, 0.29) is 17.0 Å². The number of carbonyl (C=O) groups is 2. The van der Waals surface area contributed by atoms with Crippen molar-refractivity contribution in [1.29, 1.82) is 0 Å². The van der Waals surface area contributed by atoms with Crippen LogP contribution in [0.25, 0.3) is 0 Å². The zero-order chi connectivity index (χ0) is 18.8. The zero-order valence-electron chi connectivity index (χ0n) is 15.6. The third kappa shape index (κ3) is 4.86. The highest BCUT2D eigenvalue weighted by Crippen LogP contribution is 2.22. The average Bonchev–Trinajstić information content (AvgIpc) is 2.53. The normalized spacial score (nSPS) is 12.1. The van der Waals surface area contributed by atoms with Gasteiger partial charge in [-0.05, 0) is 31.4 Å². The van der Waals surface area contributed by atoms with E-state index < -0.39 is 5.60 Å². The van der Waals surface area contributed by atoms with E-state index in [0.717, 1.165) is 23.1 Å². The minimum absolute atomic E-state index is 0.133. The number of rotatable bonds is 5. The van der Waals surface area contributed by atoms with E-state index >= 15 is 0 Å². The number of aliphatic hydroxyl groups is 1. The fourth-order valence-corrected chi connectivity index (χ4v) is 2.57. The number of hydrogen-bond acceptors (Lipinski definition) is 3. The van der Waals surface area contributed by atoms with Crippen LogP contribution in [0.1, 0.15) is 66.5 Å². The third-order valence-corrected chi connectivity index (χ3v) is 4.08. The van der Waals surface area contributed by atoms with Crippen molar-refractivity contribution in [1.82, 2.24) is 0 Å². The van der Waals surface area contributed by atoms with Crippen LogP contribution >= 0.6 is 0 Å². The maximum absolute atomic E-state index is 12.3. The second kappa shape index (κ2) is 6.93. The second-order valence-electron chi connectivity index (χ2n) is 8.04. The van der Waals surface area contributed by atoms with Crippen molar-refractivity contribution < 1.29 is 14.7 Å². The van der Waals surface area contributed by atoms with Crippen LogP contribution in [-0.2, 0) is 6.42 Å². The van der Waals surface area contributed by atoms with Crippen LogP contribution in [0.5, 0.6) is 0 Å². The lowest BCUT2D eigenvalue weighted by Crippen LogP contribution is -2.31. The molecule has 3 nitrogen and oxygen atoms in total. The zero-order valence-corrected chi connectivity index (χ0v) is 15.6. The summed E-state index contributed by atoms with van der Waals surface area (Å²) in [5, 5.41) is 9.79. The number of benzene rings is 2. The molecule has 25 heavy (non-hydrogen) atoms. The molecule has 3 heteroatoms. The molecule has 0 saturated heterocycles. The molecule has 0 unspecified atom stereocenters. The van der Waals surface area contributed by atoms with Gasteiger partial charge in [0.05, 0.1) is 0 Å². The lowest BCUT2D eigenvalue weighted by atomic mass is 9.86. The van der Waals surface area contributed by atoms with E-state index in [1.54, 1.807) is 12.1 Å². The molecule has 0 aliphatic heterocycles. The SMILES string of the molecule is CC(C)(C)C(=O)c1ccc(Cc2ccc(C(=O)C(C)(C)O)cc2)cc1. The molecule has 132 valence electrons. The average molecular weight is 338 g/mol. The Balaban J connectivity index is 2.10.